The lowest BCUT2D eigenvalue weighted by molar-refractivity contribution is -0.137. The zero-order valence-electron chi connectivity index (χ0n) is 17.9. The Bertz CT molecular complexity index is 1090. The molecule has 2 fully saturated rings. The predicted molar refractivity (Wildman–Crippen MR) is 122 cm³/mol. The number of methoxy groups -OCH3 is 1. The number of carbonyl (C=O) groups is 2. The van der Waals surface area contributed by atoms with Gasteiger partial charge in [0.15, 0.2) is 12.2 Å². The summed E-state index contributed by atoms with van der Waals surface area (Å²) < 4.78 is 5.52. The topological polar surface area (TPSA) is 68.7 Å². The third-order valence-electron chi connectivity index (χ3n) is 6.28. The number of aliphatic imine (C=N–C) groups is 1. The zero-order valence-corrected chi connectivity index (χ0v) is 18.7. The van der Waals surface area contributed by atoms with E-state index in [1.165, 1.54) is 4.90 Å². The number of benzene rings is 2. The summed E-state index contributed by atoms with van der Waals surface area (Å²) in [6.07, 6.45) is 0.0641. The summed E-state index contributed by atoms with van der Waals surface area (Å²) >= 11 is 6.24. The van der Waals surface area contributed by atoms with Crippen molar-refractivity contribution in [3.63, 3.8) is 0 Å². The van der Waals surface area contributed by atoms with Gasteiger partial charge in [0.25, 0.3) is 5.91 Å². The molecule has 3 aliphatic heterocycles. The zero-order chi connectivity index (χ0) is 22.4. The van der Waals surface area contributed by atoms with Crippen molar-refractivity contribution in [2.24, 2.45) is 4.99 Å². The van der Waals surface area contributed by atoms with Crippen molar-refractivity contribution in [2.75, 3.05) is 38.7 Å². The highest BCUT2D eigenvalue weighted by Gasteiger charge is 2.54. The first-order valence-electron chi connectivity index (χ1n) is 10.6. The van der Waals surface area contributed by atoms with Crippen LogP contribution < -0.4 is 9.64 Å². The molecule has 3 heterocycles. The SMILES string of the molecule is COc1ccc(Cl)cc1N1CCN2C1=NC1C2C(=O)N(CCc2ccccc2)C(=O)N1C. The van der Waals surface area contributed by atoms with Crippen molar-refractivity contribution in [1.29, 1.82) is 0 Å². The van der Waals surface area contributed by atoms with E-state index in [1.54, 1.807) is 25.1 Å². The van der Waals surface area contributed by atoms with Crippen molar-refractivity contribution in [3.8, 4) is 5.75 Å². The minimum absolute atomic E-state index is 0.201. The van der Waals surface area contributed by atoms with Crippen LogP contribution in [-0.2, 0) is 11.2 Å². The largest absolute Gasteiger partial charge is 0.495 e. The number of fused-ring (bicyclic) bond motifs is 3. The van der Waals surface area contributed by atoms with Gasteiger partial charge in [0.05, 0.1) is 12.8 Å². The summed E-state index contributed by atoms with van der Waals surface area (Å²) in [6, 6.07) is 14.4. The van der Waals surface area contributed by atoms with Crippen molar-refractivity contribution < 1.29 is 14.3 Å². The minimum atomic E-state index is -0.550. The molecular weight excluding hydrogens is 430 g/mol. The van der Waals surface area contributed by atoms with Crippen LogP contribution in [0.15, 0.2) is 53.5 Å². The van der Waals surface area contributed by atoms with Crippen LogP contribution in [-0.4, -0.2) is 78.6 Å². The van der Waals surface area contributed by atoms with E-state index >= 15 is 0 Å². The number of imide groups is 1. The predicted octanol–water partition coefficient (Wildman–Crippen LogP) is 2.67. The number of carbonyl (C=O) groups excluding carboxylic acids is 2. The van der Waals surface area contributed by atoms with Crippen LogP contribution in [0.3, 0.4) is 0 Å². The molecule has 5 rings (SSSR count). The van der Waals surface area contributed by atoms with Crippen LogP contribution in [0.25, 0.3) is 0 Å². The molecule has 0 N–H and O–H groups in total. The molecule has 9 heteroatoms. The van der Waals surface area contributed by atoms with Crippen molar-refractivity contribution >= 4 is 35.2 Å². The van der Waals surface area contributed by atoms with Crippen LogP contribution in [0.5, 0.6) is 5.75 Å². The van der Waals surface area contributed by atoms with Crippen molar-refractivity contribution in [2.45, 2.75) is 18.6 Å². The molecule has 0 radical (unpaired) electrons. The second-order valence-corrected chi connectivity index (χ2v) is 8.50. The summed E-state index contributed by atoms with van der Waals surface area (Å²) in [6.45, 7) is 1.61. The quantitative estimate of drug-likeness (QED) is 0.696. The average Bonchev–Trinajstić information content (AvgIpc) is 3.38. The molecule has 0 aliphatic carbocycles. The molecule has 2 aromatic carbocycles. The Kier molecular flexibility index (Phi) is 5.17. The summed E-state index contributed by atoms with van der Waals surface area (Å²) in [7, 11) is 3.32. The third-order valence-corrected chi connectivity index (χ3v) is 6.51. The number of rotatable bonds is 5. The molecule has 32 heavy (non-hydrogen) atoms. The smallest absolute Gasteiger partial charge is 0.328 e. The molecule has 8 nitrogen and oxygen atoms in total. The van der Waals surface area contributed by atoms with Gasteiger partial charge in [-0.1, -0.05) is 41.9 Å². The van der Waals surface area contributed by atoms with Crippen LogP contribution in [0, 0.1) is 0 Å². The Morgan fingerprint density at radius 2 is 1.91 bits per heavy atom. The van der Waals surface area contributed by atoms with E-state index < -0.39 is 12.2 Å². The Morgan fingerprint density at radius 1 is 1.12 bits per heavy atom. The maximum atomic E-state index is 13.4. The van der Waals surface area contributed by atoms with Crippen molar-refractivity contribution in [1.82, 2.24) is 14.7 Å². The van der Waals surface area contributed by atoms with E-state index in [2.05, 4.69) is 0 Å². The third kappa shape index (κ3) is 3.26. The number of guanidine groups is 1. The lowest BCUT2D eigenvalue weighted by Crippen LogP contribution is -2.65. The Labute approximate surface area is 191 Å². The van der Waals surface area contributed by atoms with E-state index in [1.807, 2.05) is 52.3 Å². The van der Waals surface area contributed by atoms with Crippen LogP contribution >= 0.6 is 11.6 Å². The van der Waals surface area contributed by atoms with Gasteiger partial charge in [0, 0.05) is 31.7 Å². The summed E-state index contributed by atoms with van der Waals surface area (Å²) in [5, 5.41) is 0.589. The minimum Gasteiger partial charge on any atom is -0.495 e. The molecule has 166 valence electrons. The van der Waals surface area contributed by atoms with Gasteiger partial charge in [-0.3, -0.25) is 9.69 Å². The first-order chi connectivity index (χ1) is 15.5. The number of hydrogen-bond acceptors (Lipinski definition) is 6. The molecular formula is C23H24ClN5O3. The number of nitrogens with zero attached hydrogens (tertiary/aromatic N) is 5. The first kappa shape index (κ1) is 20.6. The lowest BCUT2D eigenvalue weighted by Gasteiger charge is -2.40. The fourth-order valence-corrected chi connectivity index (χ4v) is 4.80. The number of ether oxygens (including phenoxy) is 1. The van der Waals surface area contributed by atoms with Gasteiger partial charge < -0.3 is 19.4 Å². The maximum Gasteiger partial charge on any atom is 0.328 e. The fraction of sp³-hybridized carbons (Fsp3) is 0.348. The molecule has 0 saturated carbocycles. The molecule has 2 unspecified atom stereocenters. The monoisotopic (exact) mass is 453 g/mol. The average molecular weight is 454 g/mol. The van der Waals surface area contributed by atoms with Gasteiger partial charge in [0.2, 0.25) is 5.96 Å². The summed E-state index contributed by atoms with van der Waals surface area (Å²) in [5.74, 6) is 1.14. The number of urea groups is 1. The Balaban J connectivity index is 1.41. The van der Waals surface area contributed by atoms with Gasteiger partial charge in [0.1, 0.15) is 5.75 Å². The number of likely N-dealkylation sites (N-methyl/N-ethyl adjacent to an activating group) is 1. The van der Waals surface area contributed by atoms with Crippen molar-refractivity contribution in [3.05, 3.63) is 59.1 Å². The first-order valence-corrected chi connectivity index (χ1v) is 10.9. The van der Waals surface area contributed by atoms with Gasteiger partial charge in [-0.15, -0.1) is 0 Å². The number of amides is 3. The molecule has 2 atom stereocenters. The van der Waals surface area contributed by atoms with Crippen LogP contribution in [0.2, 0.25) is 5.02 Å². The highest BCUT2D eigenvalue weighted by molar-refractivity contribution is 6.31. The normalized spacial score (nSPS) is 22.3. The standard InChI is InChI=1S/C23H24ClN5O3/c1-26-20-19(21(30)29(23(26)31)11-10-15-6-4-3-5-7-15)28-13-12-27(22(28)25-20)17-14-16(24)8-9-18(17)32-2/h3-9,14,19-20H,10-13H2,1-2H3. The molecule has 0 aromatic heterocycles. The van der Waals surface area contributed by atoms with E-state index in [-0.39, 0.29) is 11.9 Å². The number of anilines is 1. The summed E-state index contributed by atoms with van der Waals surface area (Å²) in [5.41, 5.74) is 1.88. The molecule has 0 bridgehead atoms. The molecule has 3 aliphatic rings. The maximum absolute atomic E-state index is 13.4. The highest BCUT2D eigenvalue weighted by Crippen LogP contribution is 2.38. The molecule has 2 saturated heterocycles. The second-order valence-electron chi connectivity index (χ2n) is 8.07. The molecule has 2 aromatic rings. The lowest BCUT2D eigenvalue weighted by atomic mass is 10.1. The van der Waals surface area contributed by atoms with Gasteiger partial charge in [-0.05, 0) is 30.2 Å². The Morgan fingerprint density at radius 3 is 2.66 bits per heavy atom. The number of hydrogen-bond donors (Lipinski definition) is 0. The summed E-state index contributed by atoms with van der Waals surface area (Å²) in [4.78, 5) is 38.2. The second kappa shape index (κ2) is 8.02. The Hall–Kier alpha value is -3.26. The molecule has 3 amide bonds. The van der Waals surface area contributed by atoms with Crippen LogP contribution in [0.4, 0.5) is 10.5 Å². The number of halogens is 1. The highest BCUT2D eigenvalue weighted by atomic mass is 35.5. The van der Waals surface area contributed by atoms with Crippen LogP contribution in [0.1, 0.15) is 5.56 Å². The van der Waals surface area contributed by atoms with E-state index in [9.17, 15) is 9.59 Å². The van der Waals surface area contributed by atoms with Gasteiger partial charge >= 0.3 is 6.03 Å². The molecule has 0 spiro atoms. The van der Waals surface area contributed by atoms with Gasteiger partial charge in [-0.25, -0.2) is 9.79 Å². The van der Waals surface area contributed by atoms with E-state index in [0.29, 0.717) is 42.8 Å². The fourth-order valence-electron chi connectivity index (χ4n) is 4.63. The van der Waals surface area contributed by atoms with E-state index in [4.69, 9.17) is 21.3 Å². The van der Waals surface area contributed by atoms with E-state index in [0.717, 1.165) is 11.3 Å². The van der Waals surface area contributed by atoms with Gasteiger partial charge in [-0.2, -0.15) is 0 Å².